The van der Waals surface area contributed by atoms with Crippen molar-refractivity contribution < 1.29 is 9.53 Å². The van der Waals surface area contributed by atoms with Crippen LogP contribution in [0.1, 0.15) is 15.9 Å². The summed E-state index contributed by atoms with van der Waals surface area (Å²) in [7, 11) is 1.65. The van der Waals surface area contributed by atoms with Gasteiger partial charge in [0.15, 0.2) is 0 Å². The maximum atomic E-state index is 12.2. The summed E-state index contributed by atoms with van der Waals surface area (Å²) < 4.78 is 5.22. The third-order valence-electron chi connectivity index (χ3n) is 3.74. The summed E-state index contributed by atoms with van der Waals surface area (Å²) in [6.45, 7) is 0.416. The number of amides is 1. The SMILES string of the molecule is COc1ccc2cc(CNC(=O)c3ccc(Cl)cc3Cl)ccc2c1. The number of rotatable bonds is 4. The van der Waals surface area contributed by atoms with Crippen LogP contribution in [0.15, 0.2) is 54.6 Å². The number of halogens is 2. The number of carbonyl (C=O) groups excluding carboxylic acids is 1. The minimum atomic E-state index is -0.230. The number of ether oxygens (including phenoxy) is 1. The van der Waals surface area contributed by atoms with Gasteiger partial charge in [-0.3, -0.25) is 4.79 Å². The molecule has 1 amide bonds. The lowest BCUT2D eigenvalue weighted by molar-refractivity contribution is 0.0951. The molecule has 0 spiro atoms. The average molecular weight is 360 g/mol. The van der Waals surface area contributed by atoms with Crippen molar-refractivity contribution in [2.45, 2.75) is 6.54 Å². The Labute approximate surface area is 150 Å². The number of benzene rings is 3. The highest BCUT2D eigenvalue weighted by molar-refractivity contribution is 6.36. The highest BCUT2D eigenvalue weighted by Crippen LogP contribution is 2.23. The zero-order chi connectivity index (χ0) is 17.1. The average Bonchev–Trinajstić information content (AvgIpc) is 2.59. The Bertz CT molecular complexity index is 909. The van der Waals surface area contributed by atoms with Gasteiger partial charge in [0.05, 0.1) is 17.7 Å². The molecular weight excluding hydrogens is 345 g/mol. The summed E-state index contributed by atoms with van der Waals surface area (Å²) in [5.41, 5.74) is 1.41. The number of hydrogen-bond acceptors (Lipinski definition) is 2. The highest BCUT2D eigenvalue weighted by Gasteiger charge is 2.10. The molecule has 0 saturated heterocycles. The van der Waals surface area contributed by atoms with E-state index in [0.29, 0.717) is 22.2 Å². The summed E-state index contributed by atoms with van der Waals surface area (Å²) in [6, 6.07) is 16.7. The molecule has 0 fully saturated rings. The second-order valence-electron chi connectivity index (χ2n) is 5.35. The van der Waals surface area contributed by atoms with Crippen molar-refractivity contribution in [2.24, 2.45) is 0 Å². The lowest BCUT2D eigenvalue weighted by Crippen LogP contribution is -2.23. The molecule has 3 aromatic carbocycles. The van der Waals surface area contributed by atoms with Crippen LogP contribution in [0.3, 0.4) is 0 Å². The van der Waals surface area contributed by atoms with Crippen molar-refractivity contribution >= 4 is 39.9 Å². The molecule has 3 nitrogen and oxygen atoms in total. The summed E-state index contributed by atoms with van der Waals surface area (Å²) >= 11 is 11.9. The summed E-state index contributed by atoms with van der Waals surface area (Å²) in [4.78, 5) is 12.2. The normalized spacial score (nSPS) is 10.6. The van der Waals surface area contributed by atoms with Crippen LogP contribution in [-0.4, -0.2) is 13.0 Å². The van der Waals surface area contributed by atoms with Gasteiger partial charge in [-0.1, -0.05) is 41.4 Å². The zero-order valence-electron chi connectivity index (χ0n) is 13.0. The third kappa shape index (κ3) is 3.64. The molecule has 0 heterocycles. The van der Waals surface area contributed by atoms with Gasteiger partial charge >= 0.3 is 0 Å². The van der Waals surface area contributed by atoms with Gasteiger partial charge in [-0.05, 0) is 52.7 Å². The van der Waals surface area contributed by atoms with Crippen molar-refractivity contribution in [2.75, 3.05) is 7.11 Å². The lowest BCUT2D eigenvalue weighted by atomic mass is 10.1. The number of fused-ring (bicyclic) bond motifs is 1. The molecular formula is C19H15Cl2NO2. The van der Waals surface area contributed by atoms with Crippen molar-refractivity contribution in [1.29, 1.82) is 0 Å². The van der Waals surface area contributed by atoms with Crippen LogP contribution in [0.5, 0.6) is 5.75 Å². The molecule has 0 bridgehead atoms. The van der Waals surface area contributed by atoms with E-state index < -0.39 is 0 Å². The Morgan fingerprint density at radius 1 is 1.00 bits per heavy atom. The van der Waals surface area contributed by atoms with E-state index in [2.05, 4.69) is 5.32 Å². The minimum Gasteiger partial charge on any atom is -0.497 e. The molecule has 5 heteroatoms. The first kappa shape index (κ1) is 16.6. The van der Waals surface area contributed by atoms with Crippen LogP contribution in [-0.2, 0) is 6.54 Å². The van der Waals surface area contributed by atoms with Gasteiger partial charge in [0, 0.05) is 11.6 Å². The smallest absolute Gasteiger partial charge is 0.253 e. The summed E-state index contributed by atoms with van der Waals surface area (Å²) in [6.07, 6.45) is 0. The van der Waals surface area contributed by atoms with Crippen molar-refractivity contribution in [1.82, 2.24) is 5.32 Å². The van der Waals surface area contributed by atoms with Crippen LogP contribution in [0.2, 0.25) is 10.0 Å². The minimum absolute atomic E-state index is 0.230. The molecule has 1 N–H and O–H groups in total. The first-order valence-corrected chi connectivity index (χ1v) is 8.12. The Balaban J connectivity index is 1.74. The molecule has 3 rings (SSSR count). The molecule has 0 aliphatic carbocycles. The quantitative estimate of drug-likeness (QED) is 0.704. The van der Waals surface area contributed by atoms with Crippen molar-refractivity contribution in [3.05, 3.63) is 75.8 Å². The number of nitrogens with one attached hydrogen (secondary N) is 1. The van der Waals surface area contributed by atoms with E-state index in [9.17, 15) is 4.79 Å². The maximum Gasteiger partial charge on any atom is 0.253 e. The van der Waals surface area contributed by atoms with E-state index in [4.69, 9.17) is 27.9 Å². The molecule has 0 atom stereocenters. The fourth-order valence-corrected chi connectivity index (χ4v) is 2.96. The Hall–Kier alpha value is -2.23. The molecule has 0 aromatic heterocycles. The highest BCUT2D eigenvalue weighted by atomic mass is 35.5. The Morgan fingerprint density at radius 2 is 1.75 bits per heavy atom. The monoisotopic (exact) mass is 359 g/mol. The van der Waals surface area contributed by atoms with Crippen LogP contribution >= 0.6 is 23.2 Å². The largest absolute Gasteiger partial charge is 0.497 e. The molecule has 3 aromatic rings. The van der Waals surface area contributed by atoms with E-state index in [1.807, 2.05) is 36.4 Å². The van der Waals surface area contributed by atoms with Crippen molar-refractivity contribution in [3.63, 3.8) is 0 Å². The topological polar surface area (TPSA) is 38.3 Å². The first-order valence-electron chi connectivity index (χ1n) is 7.37. The van der Waals surface area contributed by atoms with Gasteiger partial charge in [0.25, 0.3) is 5.91 Å². The van der Waals surface area contributed by atoms with E-state index in [0.717, 1.165) is 22.1 Å². The zero-order valence-corrected chi connectivity index (χ0v) is 14.5. The van der Waals surface area contributed by atoms with Gasteiger partial charge in [0.1, 0.15) is 5.75 Å². The molecule has 0 saturated carbocycles. The van der Waals surface area contributed by atoms with E-state index in [1.54, 1.807) is 25.3 Å². The molecule has 0 aliphatic rings. The number of hydrogen-bond donors (Lipinski definition) is 1. The van der Waals surface area contributed by atoms with Crippen LogP contribution in [0.25, 0.3) is 10.8 Å². The number of methoxy groups -OCH3 is 1. The van der Waals surface area contributed by atoms with Gasteiger partial charge in [-0.2, -0.15) is 0 Å². The van der Waals surface area contributed by atoms with Gasteiger partial charge < -0.3 is 10.1 Å². The van der Waals surface area contributed by atoms with E-state index in [1.165, 1.54) is 0 Å². The molecule has 24 heavy (non-hydrogen) atoms. The molecule has 0 unspecified atom stereocenters. The second-order valence-corrected chi connectivity index (χ2v) is 6.20. The fourth-order valence-electron chi connectivity index (χ4n) is 2.46. The van der Waals surface area contributed by atoms with Crippen LogP contribution in [0, 0.1) is 0 Å². The van der Waals surface area contributed by atoms with Gasteiger partial charge in [-0.25, -0.2) is 0 Å². The summed E-state index contributed by atoms with van der Waals surface area (Å²) in [5, 5.41) is 5.89. The third-order valence-corrected chi connectivity index (χ3v) is 4.29. The predicted molar refractivity (Wildman–Crippen MR) is 98.1 cm³/mol. The van der Waals surface area contributed by atoms with Crippen LogP contribution < -0.4 is 10.1 Å². The molecule has 0 radical (unpaired) electrons. The Kier molecular flexibility index (Phi) is 4.93. The molecule has 0 aliphatic heterocycles. The second kappa shape index (κ2) is 7.12. The van der Waals surface area contributed by atoms with Crippen molar-refractivity contribution in [3.8, 4) is 5.75 Å². The summed E-state index contributed by atoms with van der Waals surface area (Å²) in [5.74, 6) is 0.590. The van der Waals surface area contributed by atoms with Gasteiger partial charge in [-0.15, -0.1) is 0 Å². The Morgan fingerprint density at radius 3 is 2.50 bits per heavy atom. The maximum absolute atomic E-state index is 12.2. The van der Waals surface area contributed by atoms with E-state index >= 15 is 0 Å². The predicted octanol–water partition coefficient (Wildman–Crippen LogP) is 5.09. The van der Waals surface area contributed by atoms with E-state index in [-0.39, 0.29) is 5.91 Å². The number of carbonyl (C=O) groups is 1. The van der Waals surface area contributed by atoms with Gasteiger partial charge in [0.2, 0.25) is 0 Å². The molecule has 122 valence electrons. The standard InChI is InChI=1S/C19H15Cl2NO2/c1-24-16-6-4-13-8-12(2-3-14(13)9-16)11-22-19(23)17-7-5-15(20)10-18(17)21/h2-10H,11H2,1H3,(H,22,23). The first-order chi connectivity index (χ1) is 11.6. The lowest BCUT2D eigenvalue weighted by Gasteiger charge is -2.09. The fraction of sp³-hybridized carbons (Fsp3) is 0.105. The van der Waals surface area contributed by atoms with Crippen LogP contribution in [0.4, 0.5) is 0 Å².